The number of hydrogen-bond donors (Lipinski definition) is 2. The van der Waals surface area contributed by atoms with Crippen LogP contribution in [0, 0.1) is 0 Å². The van der Waals surface area contributed by atoms with Crippen LogP contribution in [-0.2, 0) is 11.2 Å². The second kappa shape index (κ2) is 7.84. The number of benzene rings is 1. The lowest BCUT2D eigenvalue weighted by Gasteiger charge is -2.18. The molecule has 4 nitrogen and oxygen atoms in total. The topological polar surface area (TPSA) is 52.6 Å². The first kappa shape index (κ1) is 14.7. The van der Waals surface area contributed by atoms with Gasteiger partial charge in [-0.15, -0.1) is 0 Å². The third-order valence-corrected chi connectivity index (χ3v) is 2.85. The van der Waals surface area contributed by atoms with Crippen molar-refractivity contribution in [2.75, 3.05) is 31.6 Å². The highest BCUT2D eigenvalue weighted by molar-refractivity contribution is 5.92. The molecule has 0 bridgehead atoms. The van der Waals surface area contributed by atoms with Crippen molar-refractivity contribution in [2.24, 2.45) is 0 Å². The smallest absolute Gasteiger partial charge is 0.238 e. The summed E-state index contributed by atoms with van der Waals surface area (Å²) in [7, 11) is 0. The van der Waals surface area contributed by atoms with E-state index in [0.29, 0.717) is 13.1 Å². The van der Waals surface area contributed by atoms with E-state index < -0.39 is 0 Å². The largest absolute Gasteiger partial charge is 0.395 e. The molecule has 0 unspecified atom stereocenters. The van der Waals surface area contributed by atoms with E-state index in [1.165, 1.54) is 5.56 Å². The molecule has 0 saturated carbocycles. The van der Waals surface area contributed by atoms with E-state index in [4.69, 9.17) is 5.11 Å². The predicted molar refractivity (Wildman–Crippen MR) is 73.6 cm³/mol. The first-order valence-electron chi connectivity index (χ1n) is 6.41. The van der Waals surface area contributed by atoms with E-state index in [2.05, 4.69) is 12.2 Å². The van der Waals surface area contributed by atoms with Crippen LogP contribution in [0.25, 0.3) is 0 Å². The number of likely N-dealkylation sites (N-methyl/N-ethyl adjacent to an activating group) is 1. The fourth-order valence-corrected chi connectivity index (χ4v) is 1.76. The first-order chi connectivity index (χ1) is 8.69. The van der Waals surface area contributed by atoms with Gasteiger partial charge in [-0.1, -0.05) is 26.0 Å². The maximum absolute atomic E-state index is 11.8. The Kier molecular flexibility index (Phi) is 6.39. The van der Waals surface area contributed by atoms with Gasteiger partial charge in [0.15, 0.2) is 0 Å². The highest BCUT2D eigenvalue weighted by atomic mass is 16.3. The standard InChI is InChI=1S/C14H22N2O2/c1-3-12-6-5-7-13(10-12)15-14(18)11-16(4-2)8-9-17/h5-7,10,17H,3-4,8-9,11H2,1-2H3,(H,15,18). The number of nitrogens with zero attached hydrogens (tertiary/aromatic N) is 1. The summed E-state index contributed by atoms with van der Waals surface area (Å²) in [5, 5.41) is 11.7. The van der Waals surface area contributed by atoms with Crippen molar-refractivity contribution < 1.29 is 9.90 Å². The van der Waals surface area contributed by atoms with Crippen LogP contribution in [0.15, 0.2) is 24.3 Å². The van der Waals surface area contributed by atoms with E-state index in [-0.39, 0.29) is 12.5 Å². The molecule has 0 saturated heterocycles. The molecule has 1 aromatic carbocycles. The number of aliphatic hydroxyl groups is 1. The maximum Gasteiger partial charge on any atom is 0.238 e. The Hall–Kier alpha value is -1.39. The van der Waals surface area contributed by atoms with Gasteiger partial charge in [-0.2, -0.15) is 0 Å². The molecule has 4 heteroatoms. The molecule has 0 heterocycles. The summed E-state index contributed by atoms with van der Waals surface area (Å²) in [4.78, 5) is 13.7. The third kappa shape index (κ3) is 4.85. The Morgan fingerprint density at radius 3 is 2.78 bits per heavy atom. The summed E-state index contributed by atoms with van der Waals surface area (Å²) >= 11 is 0. The zero-order valence-corrected chi connectivity index (χ0v) is 11.1. The minimum atomic E-state index is -0.0430. The Bertz CT molecular complexity index is 380. The van der Waals surface area contributed by atoms with E-state index in [0.717, 1.165) is 18.7 Å². The molecule has 0 aliphatic heterocycles. The number of aryl methyl sites for hydroxylation is 1. The Labute approximate surface area is 109 Å². The van der Waals surface area contributed by atoms with Crippen LogP contribution in [0.4, 0.5) is 5.69 Å². The summed E-state index contributed by atoms with van der Waals surface area (Å²) in [5.74, 6) is -0.0430. The van der Waals surface area contributed by atoms with Gasteiger partial charge in [0.05, 0.1) is 13.2 Å². The van der Waals surface area contributed by atoms with Gasteiger partial charge < -0.3 is 10.4 Å². The molecule has 1 rings (SSSR count). The monoisotopic (exact) mass is 250 g/mol. The number of anilines is 1. The normalized spacial score (nSPS) is 10.7. The average Bonchev–Trinajstić information content (AvgIpc) is 2.38. The van der Waals surface area contributed by atoms with Crippen LogP contribution < -0.4 is 5.32 Å². The van der Waals surface area contributed by atoms with Gasteiger partial charge in [-0.3, -0.25) is 9.69 Å². The van der Waals surface area contributed by atoms with Crippen molar-refractivity contribution in [3.63, 3.8) is 0 Å². The molecule has 0 aliphatic rings. The van der Waals surface area contributed by atoms with Crippen molar-refractivity contribution >= 4 is 11.6 Å². The van der Waals surface area contributed by atoms with Crippen LogP contribution in [0.5, 0.6) is 0 Å². The molecule has 0 aliphatic carbocycles. The second-order valence-corrected chi connectivity index (χ2v) is 4.19. The predicted octanol–water partition coefficient (Wildman–Crippen LogP) is 1.50. The number of nitrogens with one attached hydrogen (secondary N) is 1. The molecule has 2 N–H and O–H groups in total. The molecule has 1 aromatic rings. The van der Waals surface area contributed by atoms with Crippen molar-refractivity contribution in [1.29, 1.82) is 0 Å². The van der Waals surface area contributed by atoms with Crippen LogP contribution in [-0.4, -0.2) is 42.2 Å². The number of amides is 1. The lowest BCUT2D eigenvalue weighted by molar-refractivity contribution is -0.117. The zero-order valence-electron chi connectivity index (χ0n) is 11.1. The van der Waals surface area contributed by atoms with Crippen molar-refractivity contribution in [3.8, 4) is 0 Å². The molecular formula is C14H22N2O2. The van der Waals surface area contributed by atoms with Gasteiger partial charge in [0, 0.05) is 12.2 Å². The van der Waals surface area contributed by atoms with E-state index in [9.17, 15) is 4.79 Å². The fourth-order valence-electron chi connectivity index (χ4n) is 1.76. The lowest BCUT2D eigenvalue weighted by atomic mass is 10.1. The van der Waals surface area contributed by atoms with Crippen molar-refractivity contribution in [2.45, 2.75) is 20.3 Å². The number of carbonyl (C=O) groups excluding carboxylic acids is 1. The Morgan fingerprint density at radius 2 is 2.17 bits per heavy atom. The van der Waals surface area contributed by atoms with Gasteiger partial charge in [-0.05, 0) is 30.7 Å². The summed E-state index contributed by atoms with van der Waals surface area (Å²) < 4.78 is 0. The fraction of sp³-hybridized carbons (Fsp3) is 0.500. The van der Waals surface area contributed by atoms with Gasteiger partial charge in [-0.25, -0.2) is 0 Å². The average molecular weight is 250 g/mol. The second-order valence-electron chi connectivity index (χ2n) is 4.19. The first-order valence-corrected chi connectivity index (χ1v) is 6.41. The van der Waals surface area contributed by atoms with Gasteiger partial charge >= 0.3 is 0 Å². The molecule has 0 radical (unpaired) electrons. The van der Waals surface area contributed by atoms with Crippen molar-refractivity contribution in [3.05, 3.63) is 29.8 Å². The minimum Gasteiger partial charge on any atom is -0.395 e. The van der Waals surface area contributed by atoms with Crippen LogP contribution >= 0.6 is 0 Å². The molecule has 1 amide bonds. The molecule has 100 valence electrons. The van der Waals surface area contributed by atoms with E-state index in [1.54, 1.807) is 0 Å². The molecular weight excluding hydrogens is 228 g/mol. The minimum absolute atomic E-state index is 0.0430. The molecule has 18 heavy (non-hydrogen) atoms. The zero-order chi connectivity index (χ0) is 13.4. The highest BCUT2D eigenvalue weighted by Gasteiger charge is 2.08. The van der Waals surface area contributed by atoms with Crippen LogP contribution in [0.3, 0.4) is 0 Å². The summed E-state index contributed by atoms with van der Waals surface area (Å²) in [5.41, 5.74) is 2.04. The molecule has 0 aromatic heterocycles. The summed E-state index contributed by atoms with van der Waals surface area (Å²) in [6.45, 7) is 5.73. The van der Waals surface area contributed by atoms with Crippen LogP contribution in [0.2, 0.25) is 0 Å². The lowest BCUT2D eigenvalue weighted by Crippen LogP contribution is -2.35. The Balaban J connectivity index is 2.52. The third-order valence-electron chi connectivity index (χ3n) is 2.85. The van der Waals surface area contributed by atoms with Gasteiger partial charge in [0.2, 0.25) is 5.91 Å². The highest BCUT2D eigenvalue weighted by Crippen LogP contribution is 2.10. The number of carbonyl (C=O) groups is 1. The Morgan fingerprint density at radius 1 is 1.39 bits per heavy atom. The number of aliphatic hydroxyl groups excluding tert-OH is 1. The van der Waals surface area contributed by atoms with Gasteiger partial charge in [0.1, 0.15) is 0 Å². The molecule has 0 atom stereocenters. The quantitative estimate of drug-likeness (QED) is 0.771. The maximum atomic E-state index is 11.8. The van der Waals surface area contributed by atoms with Crippen molar-refractivity contribution in [1.82, 2.24) is 4.90 Å². The summed E-state index contributed by atoms with van der Waals surface area (Å²) in [6.07, 6.45) is 0.954. The number of hydrogen-bond acceptors (Lipinski definition) is 3. The molecule has 0 spiro atoms. The molecule has 0 fully saturated rings. The van der Waals surface area contributed by atoms with E-state index >= 15 is 0 Å². The van der Waals surface area contributed by atoms with E-state index in [1.807, 2.05) is 36.1 Å². The summed E-state index contributed by atoms with van der Waals surface area (Å²) in [6, 6.07) is 7.86. The van der Waals surface area contributed by atoms with Crippen LogP contribution in [0.1, 0.15) is 19.4 Å². The van der Waals surface area contributed by atoms with Gasteiger partial charge in [0.25, 0.3) is 0 Å². The number of rotatable bonds is 7. The SMILES string of the molecule is CCc1cccc(NC(=O)CN(CC)CCO)c1.